The van der Waals surface area contributed by atoms with Crippen LogP contribution in [0.5, 0.6) is 0 Å². The van der Waals surface area contributed by atoms with Crippen LogP contribution in [-0.2, 0) is 4.79 Å². The Morgan fingerprint density at radius 3 is 2.76 bits per heavy atom. The minimum Gasteiger partial charge on any atom is -0.355 e. The second kappa shape index (κ2) is 9.88. The summed E-state index contributed by atoms with van der Waals surface area (Å²) in [7, 11) is 1.40. The van der Waals surface area contributed by atoms with Crippen LogP contribution in [0.1, 0.15) is 31.1 Å². The third-order valence-electron chi connectivity index (χ3n) is 3.14. The zero-order valence-corrected chi connectivity index (χ0v) is 15.5. The number of nitrogens with one attached hydrogen (secondary N) is 1. The first-order valence-corrected chi connectivity index (χ1v) is 8.13. The van der Waals surface area contributed by atoms with Gasteiger partial charge in [-0.2, -0.15) is 0 Å². The maximum absolute atomic E-state index is 13.6. The van der Waals surface area contributed by atoms with Gasteiger partial charge in [-0.15, -0.1) is 0 Å². The van der Waals surface area contributed by atoms with Gasteiger partial charge in [0.1, 0.15) is 5.82 Å². The van der Waals surface area contributed by atoms with Crippen molar-refractivity contribution >= 4 is 36.0 Å². The van der Waals surface area contributed by atoms with Crippen molar-refractivity contribution in [1.82, 2.24) is 10.3 Å². The molecule has 0 aromatic carbocycles. The van der Waals surface area contributed by atoms with Gasteiger partial charge >= 0.3 is 0 Å². The van der Waals surface area contributed by atoms with Crippen LogP contribution >= 0.6 is 11.6 Å². The summed E-state index contributed by atoms with van der Waals surface area (Å²) in [5, 5.41) is 1.98. The molecule has 0 radical (unpaired) electrons. The molecule has 1 aromatic rings. The molecule has 1 aromatic heterocycles. The van der Waals surface area contributed by atoms with Crippen molar-refractivity contribution in [2.45, 2.75) is 20.8 Å². The lowest BCUT2D eigenvalue weighted by Gasteiger charge is -2.19. The number of aromatic nitrogens is 1. The predicted octanol–water partition coefficient (Wildman–Crippen LogP) is 2.87. The summed E-state index contributed by atoms with van der Waals surface area (Å²) in [4.78, 5) is 32.7. The molecule has 8 heteroatoms. The Kier molecular flexibility index (Phi) is 8.21. The van der Waals surface area contributed by atoms with Gasteiger partial charge in [0.15, 0.2) is 11.0 Å². The molecule has 0 aliphatic heterocycles. The van der Waals surface area contributed by atoms with Crippen LogP contribution in [0.15, 0.2) is 22.7 Å². The van der Waals surface area contributed by atoms with E-state index in [0.29, 0.717) is 18.9 Å². The summed E-state index contributed by atoms with van der Waals surface area (Å²) in [6.07, 6.45) is 3.96. The highest BCUT2D eigenvalue weighted by atomic mass is 35.5. The Morgan fingerprint density at radius 2 is 2.20 bits per heavy atom. The van der Waals surface area contributed by atoms with Crippen LogP contribution in [-0.4, -0.2) is 43.7 Å². The van der Waals surface area contributed by atoms with Crippen molar-refractivity contribution in [2.24, 2.45) is 10.9 Å². The van der Waals surface area contributed by atoms with E-state index in [9.17, 15) is 14.0 Å². The van der Waals surface area contributed by atoms with Crippen LogP contribution < -0.4 is 10.2 Å². The van der Waals surface area contributed by atoms with Crippen LogP contribution in [0, 0.1) is 11.7 Å². The Balaban J connectivity index is 3.09. The highest BCUT2D eigenvalue weighted by Crippen LogP contribution is 2.23. The molecule has 0 saturated carbocycles. The summed E-state index contributed by atoms with van der Waals surface area (Å²) >= 11 is 5.71. The Labute approximate surface area is 151 Å². The largest absolute Gasteiger partial charge is 0.355 e. The second-order valence-electron chi connectivity index (χ2n) is 5.87. The number of amides is 2. The van der Waals surface area contributed by atoms with Crippen LogP contribution in [0.2, 0.25) is 5.15 Å². The molecule has 0 aliphatic rings. The van der Waals surface area contributed by atoms with Gasteiger partial charge in [0, 0.05) is 26.4 Å². The molecule has 1 N–H and O–H groups in total. The number of halogens is 2. The molecule has 0 aliphatic carbocycles. The Hall–Kier alpha value is -2.28. The number of nitrogens with zero attached hydrogens (tertiary/aromatic N) is 3. The number of anilines is 1. The number of aliphatic imine (C=N–C) groups is 1. The van der Waals surface area contributed by atoms with Crippen LogP contribution in [0.4, 0.5) is 10.2 Å². The SMILES string of the molecule is CNC(=O)c1cc(F)c(Cl)nc1N(C=O)C/C(C)=C\C=N/CC(C)C. The number of hydrogen-bond acceptors (Lipinski definition) is 4. The lowest BCUT2D eigenvalue weighted by molar-refractivity contribution is -0.107. The first-order chi connectivity index (χ1) is 11.8. The smallest absolute Gasteiger partial charge is 0.254 e. The third-order valence-corrected chi connectivity index (χ3v) is 3.40. The summed E-state index contributed by atoms with van der Waals surface area (Å²) in [5.41, 5.74) is 0.738. The molecule has 0 fully saturated rings. The van der Waals surface area contributed by atoms with Crippen molar-refractivity contribution in [1.29, 1.82) is 0 Å². The first-order valence-electron chi connectivity index (χ1n) is 7.75. The van der Waals surface area contributed by atoms with E-state index in [2.05, 4.69) is 29.1 Å². The average molecular weight is 369 g/mol. The van der Waals surface area contributed by atoms with E-state index < -0.39 is 16.9 Å². The molecule has 136 valence electrons. The van der Waals surface area contributed by atoms with E-state index in [4.69, 9.17) is 11.6 Å². The lowest BCUT2D eigenvalue weighted by atomic mass is 10.2. The highest BCUT2D eigenvalue weighted by Gasteiger charge is 2.20. The zero-order chi connectivity index (χ0) is 19.0. The van der Waals surface area contributed by atoms with Crippen molar-refractivity contribution < 1.29 is 14.0 Å². The molecule has 0 saturated heterocycles. The van der Waals surface area contributed by atoms with Gasteiger partial charge < -0.3 is 5.32 Å². The Morgan fingerprint density at radius 1 is 1.52 bits per heavy atom. The average Bonchev–Trinajstić information content (AvgIpc) is 2.57. The van der Waals surface area contributed by atoms with E-state index in [1.165, 1.54) is 11.9 Å². The molecule has 2 amide bonds. The maximum atomic E-state index is 13.6. The number of carbonyl (C=O) groups is 2. The van der Waals surface area contributed by atoms with Gasteiger partial charge in [-0.25, -0.2) is 9.37 Å². The van der Waals surface area contributed by atoms with Crippen molar-refractivity contribution in [2.75, 3.05) is 25.0 Å². The monoisotopic (exact) mass is 368 g/mol. The van der Waals surface area contributed by atoms with Crippen LogP contribution in [0.25, 0.3) is 0 Å². The molecule has 0 bridgehead atoms. The number of allylic oxidation sites excluding steroid dienone is 1. The summed E-state index contributed by atoms with van der Waals surface area (Å²) < 4.78 is 13.6. The first kappa shape index (κ1) is 20.8. The minimum absolute atomic E-state index is 0.00683. The topological polar surface area (TPSA) is 74.7 Å². The molecule has 0 atom stereocenters. The van der Waals surface area contributed by atoms with Gasteiger partial charge in [0.05, 0.1) is 5.56 Å². The lowest BCUT2D eigenvalue weighted by Crippen LogP contribution is -2.29. The van der Waals surface area contributed by atoms with Crippen LogP contribution in [0.3, 0.4) is 0 Å². The molecule has 25 heavy (non-hydrogen) atoms. The van der Waals surface area contributed by atoms with Gasteiger partial charge in [-0.3, -0.25) is 19.5 Å². The number of carbonyl (C=O) groups excluding carboxylic acids is 2. The van der Waals surface area contributed by atoms with Gasteiger partial charge in [-0.05, 0) is 25.0 Å². The number of hydrogen-bond donors (Lipinski definition) is 1. The van der Waals surface area contributed by atoms with Gasteiger partial charge in [0.25, 0.3) is 5.91 Å². The van der Waals surface area contributed by atoms with Gasteiger partial charge in [-0.1, -0.05) is 31.0 Å². The third kappa shape index (κ3) is 6.26. The fraction of sp³-hybridized carbons (Fsp3) is 0.412. The van der Waals surface area contributed by atoms with Crippen molar-refractivity contribution in [3.63, 3.8) is 0 Å². The standard InChI is InChI=1S/C17H22ClFN4O2/c1-11(2)8-21-6-5-12(3)9-23(10-24)16-13(17(25)20-4)7-14(19)15(18)22-16/h5-7,10-11H,8-9H2,1-4H3,(H,20,25)/b12-5-,21-6-. The highest BCUT2D eigenvalue weighted by molar-refractivity contribution is 6.29. The maximum Gasteiger partial charge on any atom is 0.254 e. The van der Waals surface area contributed by atoms with E-state index in [1.54, 1.807) is 12.3 Å². The van der Waals surface area contributed by atoms with E-state index in [1.807, 2.05) is 6.92 Å². The minimum atomic E-state index is -0.831. The zero-order valence-electron chi connectivity index (χ0n) is 14.7. The number of rotatable bonds is 8. The van der Waals surface area contributed by atoms with Gasteiger partial charge in [0.2, 0.25) is 6.41 Å². The normalized spacial score (nSPS) is 11.9. The Bertz CT molecular complexity index is 689. The van der Waals surface area contributed by atoms with E-state index in [-0.39, 0.29) is 17.9 Å². The molecule has 1 heterocycles. The van der Waals surface area contributed by atoms with Crippen molar-refractivity contribution in [3.8, 4) is 0 Å². The second-order valence-corrected chi connectivity index (χ2v) is 6.22. The molecule has 0 spiro atoms. The summed E-state index contributed by atoms with van der Waals surface area (Å²) in [6.45, 7) is 6.80. The predicted molar refractivity (Wildman–Crippen MR) is 98.0 cm³/mol. The molecular formula is C17H22ClFN4O2. The summed E-state index contributed by atoms with van der Waals surface area (Å²) in [6, 6.07) is 0.961. The number of pyridine rings is 1. The quantitative estimate of drug-likeness (QED) is 0.435. The molecule has 6 nitrogen and oxygen atoms in total. The molecular weight excluding hydrogens is 347 g/mol. The fourth-order valence-electron chi connectivity index (χ4n) is 1.91. The molecule has 0 unspecified atom stereocenters. The van der Waals surface area contributed by atoms with E-state index in [0.717, 1.165) is 11.6 Å². The van der Waals surface area contributed by atoms with Crippen molar-refractivity contribution in [3.05, 3.63) is 34.2 Å². The fourth-order valence-corrected chi connectivity index (χ4v) is 2.05. The summed E-state index contributed by atoms with van der Waals surface area (Å²) in [5.74, 6) is -0.947. The van der Waals surface area contributed by atoms with E-state index >= 15 is 0 Å². The molecule has 1 rings (SSSR count).